The van der Waals surface area contributed by atoms with Crippen LogP contribution < -0.4 is 4.72 Å². The highest BCUT2D eigenvalue weighted by molar-refractivity contribution is 7.88. The smallest absolute Gasteiger partial charge is 0.212 e. The van der Waals surface area contributed by atoms with Gasteiger partial charge in [-0.25, -0.2) is 13.1 Å². The summed E-state index contributed by atoms with van der Waals surface area (Å²) in [4.78, 5) is 0. The van der Waals surface area contributed by atoms with Gasteiger partial charge in [-0.1, -0.05) is 120 Å². The minimum Gasteiger partial charge on any atom is -0.212 e. The third-order valence-electron chi connectivity index (χ3n) is 5.64. The number of hydrogen-bond acceptors (Lipinski definition) is 2. The molecule has 3 rings (SSSR count). The topological polar surface area (TPSA) is 46.2 Å². The highest BCUT2D eigenvalue weighted by atomic mass is 32.2. The SMILES string of the molecule is CC(C)(C)c1cccc(C(C)(C)C)c1C(NS(=O)(=O)Cc1ccccc1)c1ccccc1. The Morgan fingerprint density at radius 2 is 1.16 bits per heavy atom. The molecule has 0 radical (unpaired) electrons. The Balaban J connectivity index is 2.20. The van der Waals surface area contributed by atoms with Crippen molar-refractivity contribution in [2.24, 2.45) is 0 Å². The van der Waals surface area contributed by atoms with Gasteiger partial charge in [-0.05, 0) is 38.6 Å². The van der Waals surface area contributed by atoms with E-state index in [-0.39, 0.29) is 16.6 Å². The molecule has 3 aromatic carbocycles. The molecule has 32 heavy (non-hydrogen) atoms. The third kappa shape index (κ3) is 5.87. The van der Waals surface area contributed by atoms with Gasteiger partial charge in [0, 0.05) is 0 Å². The largest absolute Gasteiger partial charge is 0.216 e. The zero-order valence-corrected chi connectivity index (χ0v) is 20.8. The van der Waals surface area contributed by atoms with Gasteiger partial charge in [-0.15, -0.1) is 0 Å². The molecule has 0 fully saturated rings. The first-order valence-corrected chi connectivity index (χ1v) is 12.8. The van der Waals surface area contributed by atoms with E-state index < -0.39 is 16.1 Å². The lowest BCUT2D eigenvalue weighted by Gasteiger charge is -2.34. The fraction of sp³-hybridized carbons (Fsp3) is 0.357. The van der Waals surface area contributed by atoms with Crippen LogP contribution in [0.1, 0.15) is 75.4 Å². The normalized spacial score (nSPS) is 13.7. The summed E-state index contributed by atoms with van der Waals surface area (Å²) >= 11 is 0. The quantitative estimate of drug-likeness (QED) is 0.467. The molecule has 0 bridgehead atoms. The number of benzene rings is 3. The molecule has 0 saturated carbocycles. The monoisotopic (exact) mass is 449 g/mol. The van der Waals surface area contributed by atoms with Crippen molar-refractivity contribution in [2.45, 2.75) is 64.2 Å². The highest BCUT2D eigenvalue weighted by Gasteiger charge is 2.32. The first-order chi connectivity index (χ1) is 14.9. The van der Waals surface area contributed by atoms with Crippen LogP contribution in [0, 0.1) is 0 Å². The van der Waals surface area contributed by atoms with Crippen molar-refractivity contribution in [1.82, 2.24) is 4.72 Å². The van der Waals surface area contributed by atoms with Gasteiger partial charge in [-0.3, -0.25) is 0 Å². The molecule has 0 aliphatic heterocycles. The van der Waals surface area contributed by atoms with Crippen LogP contribution in [0.5, 0.6) is 0 Å². The average molecular weight is 450 g/mol. The van der Waals surface area contributed by atoms with Gasteiger partial charge in [0.15, 0.2) is 0 Å². The number of hydrogen-bond donors (Lipinski definition) is 1. The molecule has 0 saturated heterocycles. The van der Waals surface area contributed by atoms with Gasteiger partial charge in [0.2, 0.25) is 10.0 Å². The molecule has 1 atom stereocenters. The van der Waals surface area contributed by atoms with Crippen LogP contribution in [0.25, 0.3) is 0 Å². The summed E-state index contributed by atoms with van der Waals surface area (Å²) in [6.07, 6.45) is 0. The Morgan fingerprint density at radius 1 is 0.688 bits per heavy atom. The van der Waals surface area contributed by atoms with E-state index in [0.29, 0.717) is 0 Å². The third-order valence-corrected chi connectivity index (χ3v) is 6.95. The lowest BCUT2D eigenvalue weighted by Crippen LogP contribution is -2.34. The maximum atomic E-state index is 13.4. The Hall–Kier alpha value is -2.43. The Bertz CT molecular complexity index is 1110. The molecule has 0 aromatic heterocycles. The summed E-state index contributed by atoms with van der Waals surface area (Å²) in [5.41, 5.74) is 4.78. The minimum atomic E-state index is -3.60. The van der Waals surface area contributed by atoms with Crippen molar-refractivity contribution in [3.8, 4) is 0 Å². The fourth-order valence-electron chi connectivity index (χ4n) is 4.14. The van der Waals surface area contributed by atoms with Gasteiger partial charge >= 0.3 is 0 Å². The second-order valence-electron chi connectivity index (χ2n) is 10.5. The molecule has 0 heterocycles. The van der Waals surface area contributed by atoms with Crippen LogP contribution in [0.4, 0.5) is 0 Å². The lowest BCUT2D eigenvalue weighted by atomic mass is 9.73. The van der Waals surface area contributed by atoms with Crippen molar-refractivity contribution < 1.29 is 8.42 Å². The van der Waals surface area contributed by atoms with Crippen molar-refractivity contribution in [3.05, 3.63) is 107 Å². The summed E-state index contributed by atoms with van der Waals surface area (Å²) in [5.74, 6) is -0.0558. The van der Waals surface area contributed by atoms with E-state index in [0.717, 1.165) is 27.8 Å². The highest BCUT2D eigenvalue weighted by Crippen LogP contribution is 2.40. The minimum absolute atomic E-state index is 0.0558. The molecular formula is C28H35NO2S. The van der Waals surface area contributed by atoms with E-state index >= 15 is 0 Å². The number of nitrogens with one attached hydrogen (secondary N) is 1. The molecule has 0 spiro atoms. The molecule has 3 nitrogen and oxygen atoms in total. The van der Waals surface area contributed by atoms with E-state index in [4.69, 9.17) is 0 Å². The molecule has 0 aliphatic carbocycles. The molecule has 1 N–H and O–H groups in total. The van der Waals surface area contributed by atoms with Crippen LogP contribution in [0.2, 0.25) is 0 Å². The van der Waals surface area contributed by atoms with E-state index in [1.54, 1.807) is 0 Å². The lowest BCUT2D eigenvalue weighted by molar-refractivity contribution is 0.532. The zero-order valence-electron chi connectivity index (χ0n) is 20.0. The first kappa shape index (κ1) is 24.2. The van der Waals surface area contributed by atoms with Gasteiger partial charge < -0.3 is 0 Å². The van der Waals surface area contributed by atoms with Gasteiger partial charge in [0.25, 0.3) is 0 Å². The second kappa shape index (κ2) is 9.21. The Kier molecular flexibility index (Phi) is 6.97. The molecule has 170 valence electrons. The predicted octanol–water partition coefficient (Wildman–Crippen LogP) is 6.49. The summed E-state index contributed by atoms with van der Waals surface area (Å²) in [7, 11) is -3.60. The van der Waals surface area contributed by atoms with Gasteiger partial charge in [0.1, 0.15) is 0 Å². The second-order valence-corrected chi connectivity index (χ2v) is 12.2. The van der Waals surface area contributed by atoms with Crippen molar-refractivity contribution in [3.63, 3.8) is 0 Å². The van der Waals surface area contributed by atoms with Crippen LogP contribution in [-0.4, -0.2) is 8.42 Å². The molecule has 3 aromatic rings. The van der Waals surface area contributed by atoms with E-state index in [9.17, 15) is 8.42 Å². The van der Waals surface area contributed by atoms with Crippen molar-refractivity contribution >= 4 is 10.0 Å². The first-order valence-electron chi connectivity index (χ1n) is 11.1. The molecule has 0 aliphatic rings. The maximum Gasteiger partial charge on any atom is 0.216 e. The van der Waals surface area contributed by atoms with Crippen LogP contribution >= 0.6 is 0 Å². The van der Waals surface area contributed by atoms with Gasteiger partial charge in [-0.2, -0.15) is 0 Å². The van der Waals surface area contributed by atoms with Crippen LogP contribution in [0.15, 0.2) is 78.9 Å². The Morgan fingerprint density at radius 3 is 1.62 bits per heavy atom. The van der Waals surface area contributed by atoms with E-state index in [1.807, 2.05) is 60.7 Å². The standard InChI is InChI=1S/C28H35NO2S/c1-27(2,3)23-18-13-19-24(28(4,5)6)25(23)26(22-16-11-8-12-17-22)29-32(30,31)20-21-14-9-7-10-15-21/h7-19,26,29H,20H2,1-6H3. The van der Waals surface area contributed by atoms with Gasteiger partial charge in [0.05, 0.1) is 11.8 Å². The fourth-order valence-corrected chi connectivity index (χ4v) is 5.47. The zero-order chi connectivity index (χ0) is 23.6. The molecule has 1 unspecified atom stereocenters. The molecular weight excluding hydrogens is 414 g/mol. The summed E-state index contributed by atoms with van der Waals surface area (Å²) in [6, 6.07) is 25.1. The number of sulfonamides is 1. The Labute approximate surface area is 194 Å². The molecule has 4 heteroatoms. The predicted molar refractivity (Wildman–Crippen MR) is 134 cm³/mol. The summed E-state index contributed by atoms with van der Waals surface area (Å²) in [5, 5.41) is 0. The summed E-state index contributed by atoms with van der Waals surface area (Å²) < 4.78 is 29.8. The summed E-state index contributed by atoms with van der Waals surface area (Å²) in [6.45, 7) is 13.1. The average Bonchev–Trinajstić information content (AvgIpc) is 2.71. The van der Waals surface area contributed by atoms with Crippen LogP contribution in [0.3, 0.4) is 0 Å². The van der Waals surface area contributed by atoms with Crippen molar-refractivity contribution in [2.75, 3.05) is 0 Å². The maximum absolute atomic E-state index is 13.4. The van der Waals surface area contributed by atoms with E-state index in [1.165, 1.54) is 0 Å². The number of rotatable bonds is 6. The van der Waals surface area contributed by atoms with Crippen molar-refractivity contribution in [1.29, 1.82) is 0 Å². The van der Waals surface area contributed by atoms with E-state index in [2.05, 4.69) is 64.5 Å². The van der Waals surface area contributed by atoms with Crippen LogP contribution in [-0.2, 0) is 26.6 Å². The molecule has 0 amide bonds.